The van der Waals surface area contributed by atoms with Crippen LogP contribution < -0.4 is 20.7 Å². The molecule has 2 aliphatic rings. The first-order valence-corrected chi connectivity index (χ1v) is 21.0. The van der Waals surface area contributed by atoms with E-state index in [4.69, 9.17) is 23.5 Å². The summed E-state index contributed by atoms with van der Waals surface area (Å²) in [5.41, 5.74) is -1.65. The quantitative estimate of drug-likeness (QED) is 0.0722. The fraction of sp³-hybridized carbons (Fsp3) is 0.439. The first-order chi connectivity index (χ1) is 26.3. The summed E-state index contributed by atoms with van der Waals surface area (Å²) in [7, 11) is -0.681. The zero-order valence-electron chi connectivity index (χ0n) is 32.3. The van der Waals surface area contributed by atoms with Gasteiger partial charge in [-0.2, -0.15) is 5.26 Å². The molecule has 3 heterocycles. The third kappa shape index (κ3) is 7.44. The van der Waals surface area contributed by atoms with E-state index in [9.17, 15) is 14.9 Å². The number of thioether (sulfide) groups is 1. The van der Waals surface area contributed by atoms with Gasteiger partial charge in [-0.05, 0) is 75.6 Å². The molecule has 14 heteroatoms. The van der Waals surface area contributed by atoms with E-state index in [2.05, 4.69) is 11.1 Å². The van der Waals surface area contributed by atoms with Crippen LogP contribution in [0.2, 0.25) is 0 Å². The Bertz CT molecular complexity index is 2100. The van der Waals surface area contributed by atoms with Crippen molar-refractivity contribution in [3.05, 3.63) is 128 Å². The monoisotopic (exact) mass is 788 g/mol. The Kier molecular flexibility index (Phi) is 12.2. The van der Waals surface area contributed by atoms with Gasteiger partial charge >= 0.3 is 5.69 Å². The maximum atomic E-state index is 16.1. The number of nitrogens with zero attached hydrogens (tertiary/aromatic N) is 3. The molecule has 12 nitrogen and oxygen atoms in total. The van der Waals surface area contributed by atoms with Crippen LogP contribution in [0.4, 0.5) is 0 Å². The van der Waals surface area contributed by atoms with Crippen molar-refractivity contribution in [3.8, 4) is 17.6 Å². The zero-order valence-corrected chi connectivity index (χ0v) is 34.0. The van der Waals surface area contributed by atoms with Gasteiger partial charge in [0.1, 0.15) is 22.7 Å². The highest BCUT2D eigenvalue weighted by atomic mass is 32.2. The van der Waals surface area contributed by atoms with E-state index in [0.29, 0.717) is 22.8 Å². The van der Waals surface area contributed by atoms with Crippen molar-refractivity contribution >= 4 is 19.3 Å². The molecule has 0 radical (unpaired) electrons. The van der Waals surface area contributed by atoms with Crippen LogP contribution in [0.5, 0.6) is 11.5 Å². The molecule has 0 amide bonds. The summed E-state index contributed by atoms with van der Waals surface area (Å²) >= 11 is 1.54. The van der Waals surface area contributed by atoms with Crippen LogP contribution in [0.1, 0.15) is 62.6 Å². The second kappa shape index (κ2) is 16.5. The highest BCUT2D eigenvalue weighted by molar-refractivity contribution is 8.00. The summed E-state index contributed by atoms with van der Waals surface area (Å²) in [6.45, 7) is 9.37. The van der Waals surface area contributed by atoms with Gasteiger partial charge in [0, 0.05) is 29.6 Å². The van der Waals surface area contributed by atoms with Gasteiger partial charge in [-0.1, -0.05) is 54.6 Å². The average molecular weight is 789 g/mol. The molecule has 1 N–H and O–H groups in total. The smallest absolute Gasteiger partial charge is 0.330 e. The number of aryl methyl sites for hydroxylation is 1. The highest BCUT2D eigenvalue weighted by Crippen LogP contribution is 2.71. The molecule has 2 aliphatic heterocycles. The van der Waals surface area contributed by atoms with Crippen molar-refractivity contribution in [1.82, 2.24) is 14.2 Å². The molecule has 1 aromatic heterocycles. The van der Waals surface area contributed by atoms with Gasteiger partial charge in [0.2, 0.25) is 0 Å². The van der Waals surface area contributed by atoms with Gasteiger partial charge in [-0.15, -0.1) is 11.8 Å². The maximum Gasteiger partial charge on any atom is 0.330 e. The number of hydrogen-bond donors (Lipinski definition) is 1. The molecule has 55 heavy (non-hydrogen) atoms. The number of benzene rings is 3. The SMILES string of the molecule is COc1ccc(C(OC[C@@]23CS[C@H]([C@H](n4cc(C)c(=O)[nH]c4=O)O2)[C@@H]3P(=O)(OCCC#N)N(C(C)C)C(C)C)(c2ccccc2)c2ccc(OC)cc2)cc1. The first kappa shape index (κ1) is 40.5. The number of aromatic amines is 1. The zero-order chi connectivity index (χ0) is 39.5. The fourth-order valence-electron chi connectivity index (χ4n) is 8.05. The Morgan fingerprint density at radius 3 is 2.05 bits per heavy atom. The maximum absolute atomic E-state index is 16.1. The van der Waals surface area contributed by atoms with Crippen molar-refractivity contribution in [2.75, 3.05) is 33.2 Å². The number of nitriles is 1. The Labute approximate surface area is 326 Å². The summed E-state index contributed by atoms with van der Waals surface area (Å²) < 4.78 is 51.4. The van der Waals surface area contributed by atoms with Crippen LogP contribution >= 0.6 is 19.3 Å². The second-order valence-electron chi connectivity index (χ2n) is 14.4. The summed E-state index contributed by atoms with van der Waals surface area (Å²) in [6.07, 6.45) is 0.612. The van der Waals surface area contributed by atoms with E-state index in [0.717, 1.165) is 16.7 Å². The minimum absolute atomic E-state index is 0.0387. The molecule has 0 aliphatic carbocycles. The summed E-state index contributed by atoms with van der Waals surface area (Å²) in [4.78, 5) is 28.4. The van der Waals surface area contributed by atoms with Crippen molar-refractivity contribution in [2.24, 2.45) is 0 Å². The largest absolute Gasteiger partial charge is 0.497 e. The molecule has 292 valence electrons. The Hall–Kier alpha value is -4.15. The van der Waals surface area contributed by atoms with Crippen molar-refractivity contribution in [2.45, 2.75) is 81.5 Å². The number of fused-ring (bicyclic) bond motifs is 2. The van der Waals surface area contributed by atoms with Gasteiger partial charge < -0.3 is 23.5 Å². The number of H-pyrrole nitrogens is 1. The topological polar surface area (TPSA) is 145 Å². The van der Waals surface area contributed by atoms with Crippen molar-refractivity contribution < 1.29 is 28.0 Å². The van der Waals surface area contributed by atoms with Crippen LogP contribution in [0.15, 0.2) is 94.6 Å². The molecule has 3 aromatic carbocycles. The number of rotatable bonds is 16. The Morgan fingerprint density at radius 2 is 1.53 bits per heavy atom. The molecular formula is C41H49N4O8PS. The molecule has 0 saturated carbocycles. The van der Waals surface area contributed by atoms with Crippen LogP contribution in [0.3, 0.4) is 0 Å². The van der Waals surface area contributed by atoms with Gasteiger partial charge in [-0.3, -0.25) is 18.9 Å². The lowest BCUT2D eigenvalue weighted by molar-refractivity contribution is -0.128. The van der Waals surface area contributed by atoms with E-state index in [1.807, 2.05) is 111 Å². The normalized spacial score (nSPS) is 21.9. The van der Waals surface area contributed by atoms with E-state index in [-0.39, 0.29) is 31.7 Å². The lowest BCUT2D eigenvalue weighted by Crippen LogP contribution is -2.51. The van der Waals surface area contributed by atoms with Crippen LogP contribution in [-0.2, 0) is 24.2 Å². The lowest BCUT2D eigenvalue weighted by Gasteiger charge is -2.44. The number of hydrogen-bond acceptors (Lipinski definition) is 10. The number of aromatic nitrogens is 2. The van der Waals surface area contributed by atoms with Gasteiger partial charge in [0.15, 0.2) is 6.23 Å². The summed E-state index contributed by atoms with van der Waals surface area (Å²) in [5, 5.41) is 8.97. The summed E-state index contributed by atoms with van der Waals surface area (Å²) in [6, 6.07) is 27.0. The molecule has 1 unspecified atom stereocenters. The van der Waals surface area contributed by atoms with E-state index >= 15 is 4.57 Å². The van der Waals surface area contributed by atoms with Crippen LogP contribution in [-0.4, -0.2) is 76.0 Å². The van der Waals surface area contributed by atoms with E-state index < -0.39 is 47.1 Å². The first-order valence-electron chi connectivity index (χ1n) is 18.3. The molecule has 0 spiro atoms. The average Bonchev–Trinajstić information content (AvgIpc) is 3.72. The summed E-state index contributed by atoms with van der Waals surface area (Å²) in [5.74, 6) is 1.73. The molecule has 4 aromatic rings. The van der Waals surface area contributed by atoms with E-state index in [1.54, 1.807) is 32.9 Å². The Morgan fingerprint density at radius 1 is 0.964 bits per heavy atom. The minimum Gasteiger partial charge on any atom is -0.497 e. The lowest BCUT2D eigenvalue weighted by atomic mass is 9.79. The fourth-order valence-corrected chi connectivity index (χ4v) is 14.0. The number of nitrogens with one attached hydrogen (secondary N) is 1. The van der Waals surface area contributed by atoms with Gasteiger partial charge in [0.05, 0.1) is 50.8 Å². The minimum atomic E-state index is -3.91. The van der Waals surface area contributed by atoms with Gasteiger partial charge in [0.25, 0.3) is 13.1 Å². The molecule has 6 rings (SSSR count). The van der Waals surface area contributed by atoms with Crippen LogP contribution in [0.25, 0.3) is 0 Å². The highest BCUT2D eigenvalue weighted by Gasteiger charge is 2.70. The molecule has 5 atom stereocenters. The van der Waals surface area contributed by atoms with Crippen molar-refractivity contribution in [3.63, 3.8) is 0 Å². The standard InChI is InChI=1S/C41H49N4O8PS/c1-27(2)45(28(3)4)54(48,52-23-11-22-42)36-35-38(44-24-29(5)37(46)43-39(44)47)53-40(36,26-55-35)25-51-41(30-12-9-8-10-13-30,31-14-18-33(49-6)19-15-31)32-16-20-34(50-7)21-17-32/h8-10,12-21,24,27-28,35-36,38H,11,23,25-26H2,1-7H3,(H,43,46,47)/t35-,36-,38+,40-,54?/m0/s1. The predicted molar refractivity (Wildman–Crippen MR) is 213 cm³/mol. The molecule has 2 fully saturated rings. The van der Waals surface area contributed by atoms with Crippen LogP contribution in [0, 0.1) is 18.3 Å². The number of ether oxygens (including phenoxy) is 4. The van der Waals surface area contributed by atoms with Crippen molar-refractivity contribution in [1.29, 1.82) is 5.26 Å². The third-order valence-corrected chi connectivity index (χ3v) is 15.7. The van der Waals surface area contributed by atoms with E-state index in [1.165, 1.54) is 10.8 Å². The molecule has 2 saturated heterocycles. The molecule has 2 bridgehead atoms. The molecular weight excluding hydrogens is 740 g/mol. The third-order valence-electron chi connectivity index (χ3n) is 10.4. The predicted octanol–water partition coefficient (Wildman–Crippen LogP) is 6.86. The second-order valence-corrected chi connectivity index (χ2v) is 18.0. The van der Waals surface area contributed by atoms with Gasteiger partial charge in [-0.25, -0.2) is 9.46 Å². The Balaban J connectivity index is 1.57. The number of methoxy groups -OCH3 is 2.